The summed E-state index contributed by atoms with van der Waals surface area (Å²) in [6, 6.07) is 11.7. The number of hydrogen-bond acceptors (Lipinski definition) is 6. The Bertz CT molecular complexity index is 879. The van der Waals surface area contributed by atoms with E-state index in [0.29, 0.717) is 18.8 Å². The Morgan fingerprint density at radius 2 is 1.80 bits per heavy atom. The van der Waals surface area contributed by atoms with Gasteiger partial charge < -0.3 is 10.6 Å². The van der Waals surface area contributed by atoms with Gasteiger partial charge in [-0.1, -0.05) is 6.07 Å². The number of nitro benzene ring substituents is 1. The number of anilines is 1. The first kappa shape index (κ1) is 18.4. The zero-order chi connectivity index (χ0) is 18.4. The van der Waals surface area contributed by atoms with E-state index in [0.717, 1.165) is 6.26 Å². The van der Waals surface area contributed by atoms with Crippen molar-refractivity contribution in [3.05, 3.63) is 64.2 Å². The highest BCUT2D eigenvalue weighted by atomic mass is 32.2. The molecule has 0 aliphatic rings. The van der Waals surface area contributed by atoms with Gasteiger partial charge in [-0.25, -0.2) is 8.42 Å². The van der Waals surface area contributed by atoms with Crippen LogP contribution in [0.2, 0.25) is 0 Å². The van der Waals surface area contributed by atoms with Gasteiger partial charge >= 0.3 is 0 Å². The monoisotopic (exact) mass is 363 g/mol. The Labute approximate surface area is 144 Å². The lowest BCUT2D eigenvalue weighted by molar-refractivity contribution is -0.384. The molecule has 8 nitrogen and oxygen atoms in total. The van der Waals surface area contributed by atoms with Crippen LogP contribution in [-0.2, 0) is 9.84 Å². The summed E-state index contributed by atoms with van der Waals surface area (Å²) in [4.78, 5) is 22.2. The average molecular weight is 363 g/mol. The Hall–Kier alpha value is -2.94. The van der Waals surface area contributed by atoms with Crippen molar-refractivity contribution >= 4 is 27.1 Å². The molecule has 0 atom stereocenters. The Kier molecular flexibility index (Phi) is 5.71. The summed E-state index contributed by atoms with van der Waals surface area (Å²) >= 11 is 0. The molecule has 0 spiro atoms. The van der Waals surface area contributed by atoms with Crippen molar-refractivity contribution in [2.24, 2.45) is 0 Å². The van der Waals surface area contributed by atoms with Crippen LogP contribution in [0.5, 0.6) is 0 Å². The van der Waals surface area contributed by atoms with Crippen molar-refractivity contribution < 1.29 is 18.1 Å². The van der Waals surface area contributed by atoms with Gasteiger partial charge in [-0.3, -0.25) is 14.9 Å². The van der Waals surface area contributed by atoms with E-state index in [1.54, 1.807) is 12.1 Å². The fourth-order valence-electron chi connectivity index (χ4n) is 2.05. The number of rotatable bonds is 7. The number of amides is 1. The lowest BCUT2D eigenvalue weighted by atomic mass is 10.2. The summed E-state index contributed by atoms with van der Waals surface area (Å²) in [6.45, 7) is 0.717. The number of non-ortho nitro benzene ring substituents is 1. The molecule has 0 unspecified atom stereocenters. The summed E-state index contributed by atoms with van der Waals surface area (Å²) < 4.78 is 23.0. The number of carbonyl (C=O) groups excluding carboxylic acids is 1. The van der Waals surface area contributed by atoms with Crippen molar-refractivity contribution in [3.63, 3.8) is 0 Å². The van der Waals surface area contributed by atoms with Crippen LogP contribution in [0, 0.1) is 10.1 Å². The van der Waals surface area contributed by atoms with Crippen molar-refractivity contribution in [2.45, 2.75) is 4.90 Å². The molecule has 2 aromatic rings. The molecule has 0 aliphatic heterocycles. The third kappa shape index (κ3) is 5.28. The number of benzene rings is 2. The molecule has 0 bridgehead atoms. The standard InChI is InChI=1S/C16H17N3O5S/c1-25(23,24)15-4-2-3-12(11-15)16(20)18-10-9-17-13-5-7-14(8-6-13)19(21)22/h2-8,11,17H,9-10H2,1H3,(H,18,20). The van der Waals surface area contributed by atoms with E-state index in [-0.39, 0.29) is 22.1 Å². The summed E-state index contributed by atoms with van der Waals surface area (Å²) in [6.07, 6.45) is 1.08. The van der Waals surface area contributed by atoms with Crippen LogP contribution in [0.4, 0.5) is 11.4 Å². The molecule has 0 radical (unpaired) electrons. The normalized spacial score (nSPS) is 10.9. The second-order valence-corrected chi connectivity index (χ2v) is 7.30. The highest BCUT2D eigenvalue weighted by Crippen LogP contribution is 2.15. The van der Waals surface area contributed by atoms with Crippen molar-refractivity contribution in [3.8, 4) is 0 Å². The lowest BCUT2D eigenvalue weighted by Gasteiger charge is -2.08. The van der Waals surface area contributed by atoms with Crippen molar-refractivity contribution in [1.82, 2.24) is 5.32 Å². The predicted octanol–water partition coefficient (Wildman–Crippen LogP) is 1.84. The topological polar surface area (TPSA) is 118 Å². The predicted molar refractivity (Wildman–Crippen MR) is 93.5 cm³/mol. The van der Waals surface area contributed by atoms with E-state index in [2.05, 4.69) is 10.6 Å². The first-order valence-electron chi connectivity index (χ1n) is 7.34. The number of nitro groups is 1. The van der Waals surface area contributed by atoms with Gasteiger partial charge in [0.15, 0.2) is 9.84 Å². The summed E-state index contributed by atoms with van der Waals surface area (Å²) in [5, 5.41) is 16.3. The zero-order valence-corrected chi connectivity index (χ0v) is 14.2. The molecular weight excluding hydrogens is 346 g/mol. The van der Waals surface area contributed by atoms with E-state index in [1.165, 1.54) is 36.4 Å². The van der Waals surface area contributed by atoms with Crippen LogP contribution < -0.4 is 10.6 Å². The number of carbonyl (C=O) groups is 1. The number of nitrogens with one attached hydrogen (secondary N) is 2. The number of nitrogens with zero attached hydrogens (tertiary/aromatic N) is 1. The average Bonchev–Trinajstić information content (AvgIpc) is 2.58. The minimum absolute atomic E-state index is 0.00427. The number of hydrogen-bond donors (Lipinski definition) is 2. The molecule has 1 amide bonds. The molecule has 2 rings (SSSR count). The molecule has 0 aliphatic carbocycles. The highest BCUT2D eigenvalue weighted by molar-refractivity contribution is 7.90. The SMILES string of the molecule is CS(=O)(=O)c1cccc(C(=O)NCCNc2ccc([N+](=O)[O-])cc2)c1. The van der Waals surface area contributed by atoms with Gasteiger partial charge in [-0.2, -0.15) is 0 Å². The van der Waals surface area contributed by atoms with Crippen LogP contribution in [0.15, 0.2) is 53.4 Å². The second-order valence-electron chi connectivity index (χ2n) is 5.29. The minimum atomic E-state index is -3.37. The fourth-order valence-corrected chi connectivity index (χ4v) is 2.72. The van der Waals surface area contributed by atoms with Gasteiger partial charge in [0, 0.05) is 42.7 Å². The third-order valence-electron chi connectivity index (χ3n) is 3.34. The molecule has 2 aromatic carbocycles. The molecule has 0 heterocycles. The smallest absolute Gasteiger partial charge is 0.269 e. The third-order valence-corrected chi connectivity index (χ3v) is 4.45. The lowest BCUT2D eigenvalue weighted by Crippen LogP contribution is -2.28. The summed E-state index contributed by atoms with van der Waals surface area (Å²) in [5.41, 5.74) is 0.960. The van der Waals surface area contributed by atoms with Crippen LogP contribution in [0.25, 0.3) is 0 Å². The van der Waals surface area contributed by atoms with Crippen molar-refractivity contribution in [2.75, 3.05) is 24.7 Å². The molecular formula is C16H17N3O5S. The van der Waals surface area contributed by atoms with Crippen LogP contribution >= 0.6 is 0 Å². The molecule has 132 valence electrons. The Morgan fingerprint density at radius 3 is 2.40 bits per heavy atom. The number of sulfone groups is 1. The first-order valence-corrected chi connectivity index (χ1v) is 9.23. The molecule has 25 heavy (non-hydrogen) atoms. The van der Waals surface area contributed by atoms with Gasteiger partial charge in [-0.05, 0) is 30.3 Å². The first-order chi connectivity index (χ1) is 11.8. The Morgan fingerprint density at radius 1 is 1.12 bits per heavy atom. The summed E-state index contributed by atoms with van der Waals surface area (Å²) in [7, 11) is -3.37. The molecule has 0 fully saturated rings. The fraction of sp³-hybridized carbons (Fsp3) is 0.188. The van der Waals surface area contributed by atoms with Gasteiger partial charge in [0.05, 0.1) is 9.82 Å². The highest BCUT2D eigenvalue weighted by Gasteiger charge is 2.11. The zero-order valence-electron chi connectivity index (χ0n) is 13.4. The van der Waals surface area contributed by atoms with Gasteiger partial charge in [-0.15, -0.1) is 0 Å². The Balaban J connectivity index is 1.85. The van der Waals surface area contributed by atoms with Crippen LogP contribution in [0.1, 0.15) is 10.4 Å². The quantitative estimate of drug-likeness (QED) is 0.440. The molecule has 2 N–H and O–H groups in total. The van der Waals surface area contributed by atoms with Crippen molar-refractivity contribution in [1.29, 1.82) is 0 Å². The molecule has 9 heteroatoms. The van der Waals surface area contributed by atoms with E-state index in [9.17, 15) is 23.3 Å². The second kappa shape index (κ2) is 7.75. The largest absolute Gasteiger partial charge is 0.383 e. The van der Waals surface area contributed by atoms with Crippen LogP contribution in [0.3, 0.4) is 0 Å². The van der Waals surface area contributed by atoms with Crippen LogP contribution in [-0.4, -0.2) is 38.6 Å². The minimum Gasteiger partial charge on any atom is -0.383 e. The van der Waals surface area contributed by atoms with E-state index < -0.39 is 14.8 Å². The van der Waals surface area contributed by atoms with E-state index in [1.807, 2.05) is 0 Å². The van der Waals surface area contributed by atoms with E-state index >= 15 is 0 Å². The maximum atomic E-state index is 12.0. The van der Waals surface area contributed by atoms with Gasteiger partial charge in [0.2, 0.25) is 0 Å². The molecule has 0 aromatic heterocycles. The maximum absolute atomic E-state index is 12.0. The summed E-state index contributed by atoms with van der Waals surface area (Å²) in [5.74, 6) is -0.379. The van der Waals surface area contributed by atoms with E-state index in [4.69, 9.17) is 0 Å². The van der Waals surface area contributed by atoms with Gasteiger partial charge in [0.25, 0.3) is 11.6 Å². The molecule has 0 saturated carbocycles. The maximum Gasteiger partial charge on any atom is 0.269 e. The van der Waals surface area contributed by atoms with Gasteiger partial charge in [0.1, 0.15) is 0 Å². The molecule has 0 saturated heterocycles.